The van der Waals surface area contributed by atoms with Gasteiger partial charge in [0, 0.05) is 22.7 Å². The number of amides is 2. The van der Waals surface area contributed by atoms with Crippen LogP contribution in [-0.4, -0.2) is 46.1 Å². The van der Waals surface area contributed by atoms with Crippen molar-refractivity contribution >= 4 is 34.5 Å². The molecule has 0 spiro atoms. The van der Waals surface area contributed by atoms with Crippen molar-refractivity contribution < 1.29 is 23.9 Å². The smallest absolute Gasteiger partial charge is 0.326 e. The molecule has 4 rings (SSSR count). The summed E-state index contributed by atoms with van der Waals surface area (Å²) >= 11 is 0. The highest BCUT2D eigenvalue weighted by atomic mass is 16.5. The van der Waals surface area contributed by atoms with Crippen LogP contribution in [-0.2, 0) is 19.1 Å². The number of ether oxygens (including phenoxy) is 1. The van der Waals surface area contributed by atoms with Crippen molar-refractivity contribution in [3.05, 3.63) is 36.0 Å². The Morgan fingerprint density at radius 2 is 1.79 bits per heavy atom. The second kappa shape index (κ2) is 7.22. The fourth-order valence-corrected chi connectivity index (χ4v) is 4.30. The Kier molecular flexibility index (Phi) is 4.75. The number of H-pyrrole nitrogens is 1. The first-order valence-electron chi connectivity index (χ1n) is 9.62. The highest BCUT2D eigenvalue weighted by Crippen LogP contribution is 2.37. The minimum Gasteiger partial charge on any atom is -0.453 e. The van der Waals surface area contributed by atoms with E-state index < -0.39 is 18.6 Å². The normalized spacial score (nSPS) is 23.0. The van der Waals surface area contributed by atoms with Crippen molar-refractivity contribution in [2.45, 2.75) is 38.7 Å². The quantitative estimate of drug-likeness (QED) is 0.487. The molecule has 1 aromatic carbocycles. The first-order valence-corrected chi connectivity index (χ1v) is 9.62. The molecule has 0 radical (unpaired) electrons. The maximum atomic E-state index is 12.7. The van der Waals surface area contributed by atoms with Crippen LogP contribution in [0.4, 0.5) is 0 Å². The van der Waals surface area contributed by atoms with Crippen LogP contribution < -0.4 is 0 Å². The number of para-hydroxylation sites is 1. The lowest BCUT2D eigenvalue weighted by Gasteiger charge is -2.19. The first-order chi connectivity index (χ1) is 13.5. The number of hydrogen-bond acceptors (Lipinski definition) is 5. The average molecular weight is 382 g/mol. The molecule has 1 saturated carbocycles. The molecule has 146 valence electrons. The van der Waals surface area contributed by atoms with Gasteiger partial charge >= 0.3 is 5.97 Å². The van der Waals surface area contributed by atoms with Gasteiger partial charge in [-0.05, 0) is 25.8 Å². The summed E-state index contributed by atoms with van der Waals surface area (Å²) in [6.45, 7) is 1.06. The Balaban J connectivity index is 1.41. The van der Waals surface area contributed by atoms with Crippen LogP contribution in [0.15, 0.2) is 30.5 Å². The monoisotopic (exact) mass is 382 g/mol. The predicted molar refractivity (Wildman–Crippen MR) is 100 cm³/mol. The molecule has 2 amide bonds. The van der Waals surface area contributed by atoms with Gasteiger partial charge in [-0.15, -0.1) is 0 Å². The third-order valence-corrected chi connectivity index (χ3v) is 5.75. The molecule has 1 saturated heterocycles. The zero-order valence-electron chi connectivity index (χ0n) is 15.6. The van der Waals surface area contributed by atoms with Crippen molar-refractivity contribution in [3.8, 4) is 0 Å². The van der Waals surface area contributed by atoms with Crippen LogP contribution in [0.1, 0.15) is 43.0 Å². The van der Waals surface area contributed by atoms with Crippen molar-refractivity contribution in [2.24, 2.45) is 11.8 Å². The number of fused-ring (bicyclic) bond motifs is 2. The Hall–Kier alpha value is -2.96. The summed E-state index contributed by atoms with van der Waals surface area (Å²) in [4.78, 5) is 53.9. The minimum absolute atomic E-state index is 0.290. The Morgan fingerprint density at radius 1 is 1.14 bits per heavy atom. The van der Waals surface area contributed by atoms with Crippen molar-refractivity contribution in [1.29, 1.82) is 0 Å². The van der Waals surface area contributed by atoms with Gasteiger partial charge in [0.05, 0.1) is 11.8 Å². The second-order valence-electron chi connectivity index (χ2n) is 7.50. The average Bonchev–Trinajstić information content (AvgIpc) is 3.23. The fourth-order valence-electron chi connectivity index (χ4n) is 4.30. The fraction of sp³-hybridized carbons (Fsp3) is 0.429. The molecule has 1 aromatic heterocycles. The molecule has 0 bridgehead atoms. The summed E-state index contributed by atoms with van der Waals surface area (Å²) in [6, 6.07) is 7.36. The Bertz CT molecular complexity index is 939. The third-order valence-electron chi connectivity index (χ3n) is 5.75. The zero-order chi connectivity index (χ0) is 19.8. The molecule has 1 N–H and O–H groups in total. The number of ketones is 1. The summed E-state index contributed by atoms with van der Waals surface area (Å²) in [6.07, 6.45) is 3.81. The van der Waals surface area contributed by atoms with Gasteiger partial charge in [-0.1, -0.05) is 31.0 Å². The van der Waals surface area contributed by atoms with E-state index in [1.165, 1.54) is 6.92 Å². The summed E-state index contributed by atoms with van der Waals surface area (Å²) in [5, 5.41) is 0.754. The number of nitrogens with zero attached hydrogens (tertiary/aromatic N) is 1. The van der Waals surface area contributed by atoms with Gasteiger partial charge in [-0.2, -0.15) is 0 Å². The number of imide groups is 1. The van der Waals surface area contributed by atoms with Crippen LogP contribution >= 0.6 is 0 Å². The van der Waals surface area contributed by atoms with Crippen LogP contribution in [0.3, 0.4) is 0 Å². The number of hydrogen-bond donors (Lipinski definition) is 1. The highest BCUT2D eigenvalue weighted by molar-refractivity contribution is 6.10. The van der Waals surface area contributed by atoms with Gasteiger partial charge in [0.15, 0.2) is 6.10 Å². The summed E-state index contributed by atoms with van der Waals surface area (Å²) in [5.74, 6) is -2.28. The number of aromatic amines is 1. The number of nitrogens with one attached hydrogen (secondary N) is 1. The SMILES string of the molecule is C[C@H](OC(=O)CN1C(=O)[C@H]2CCCC[C@@H]2C1=O)C(=O)c1c[nH]c2ccccc12. The van der Waals surface area contributed by atoms with Crippen LogP contribution in [0.2, 0.25) is 0 Å². The molecule has 2 aromatic rings. The lowest BCUT2D eigenvalue weighted by molar-refractivity contribution is -0.154. The van der Waals surface area contributed by atoms with Crippen molar-refractivity contribution in [2.75, 3.05) is 6.54 Å². The van der Waals surface area contributed by atoms with Gasteiger partial charge in [-0.25, -0.2) is 0 Å². The Labute approximate surface area is 162 Å². The number of carbonyl (C=O) groups excluding carboxylic acids is 4. The second-order valence-corrected chi connectivity index (χ2v) is 7.50. The largest absolute Gasteiger partial charge is 0.453 e. The number of rotatable bonds is 5. The van der Waals surface area contributed by atoms with Gasteiger partial charge in [-0.3, -0.25) is 24.1 Å². The van der Waals surface area contributed by atoms with E-state index in [9.17, 15) is 19.2 Å². The van der Waals surface area contributed by atoms with E-state index in [0.29, 0.717) is 18.4 Å². The summed E-state index contributed by atoms with van der Waals surface area (Å²) in [7, 11) is 0. The third kappa shape index (κ3) is 3.10. The van der Waals surface area contributed by atoms with Gasteiger partial charge < -0.3 is 9.72 Å². The molecular formula is C21H22N2O5. The highest BCUT2D eigenvalue weighted by Gasteiger charge is 2.48. The molecule has 3 atom stereocenters. The lowest BCUT2D eigenvalue weighted by atomic mass is 9.81. The minimum atomic E-state index is -1.01. The Morgan fingerprint density at radius 3 is 2.46 bits per heavy atom. The number of aromatic nitrogens is 1. The van der Waals surface area contributed by atoms with E-state index in [2.05, 4.69) is 4.98 Å². The molecule has 1 aliphatic heterocycles. The van der Waals surface area contributed by atoms with Crippen molar-refractivity contribution in [1.82, 2.24) is 9.88 Å². The number of Topliss-reactive ketones (excluding diaryl/α,β-unsaturated/α-hetero) is 1. The van der Waals surface area contributed by atoms with E-state index in [0.717, 1.165) is 28.6 Å². The van der Waals surface area contributed by atoms with Crippen LogP contribution in [0, 0.1) is 11.8 Å². The van der Waals surface area contributed by atoms with E-state index in [1.807, 2.05) is 24.3 Å². The molecule has 1 aliphatic carbocycles. The molecule has 2 aliphatic rings. The predicted octanol–water partition coefficient (Wildman–Crippen LogP) is 2.46. The van der Waals surface area contributed by atoms with Gasteiger partial charge in [0.2, 0.25) is 17.6 Å². The molecule has 2 heterocycles. The van der Waals surface area contributed by atoms with Gasteiger partial charge in [0.1, 0.15) is 6.54 Å². The first kappa shape index (κ1) is 18.4. The van der Waals surface area contributed by atoms with Crippen LogP contribution in [0.25, 0.3) is 10.9 Å². The number of carbonyl (C=O) groups is 4. The maximum Gasteiger partial charge on any atom is 0.326 e. The molecule has 0 unspecified atom stereocenters. The lowest BCUT2D eigenvalue weighted by Crippen LogP contribution is -2.38. The molecule has 7 nitrogen and oxygen atoms in total. The molecule has 7 heteroatoms. The number of esters is 1. The topological polar surface area (TPSA) is 96.5 Å². The summed E-state index contributed by atoms with van der Waals surface area (Å²) < 4.78 is 5.25. The number of likely N-dealkylation sites (tertiary alicyclic amines) is 1. The maximum absolute atomic E-state index is 12.7. The van der Waals surface area contributed by atoms with E-state index >= 15 is 0 Å². The van der Waals surface area contributed by atoms with E-state index in [4.69, 9.17) is 4.74 Å². The summed E-state index contributed by atoms with van der Waals surface area (Å²) in [5.41, 5.74) is 1.26. The van der Waals surface area contributed by atoms with E-state index in [-0.39, 0.29) is 29.4 Å². The van der Waals surface area contributed by atoms with Crippen LogP contribution in [0.5, 0.6) is 0 Å². The number of benzene rings is 1. The molecule has 2 fully saturated rings. The van der Waals surface area contributed by atoms with Gasteiger partial charge in [0.25, 0.3) is 0 Å². The standard InChI is InChI=1S/C21H22N2O5/c1-12(19(25)16-10-22-17-9-5-4-6-13(16)17)28-18(24)11-23-20(26)14-7-2-3-8-15(14)21(23)27/h4-6,9-10,12,14-15,22H,2-3,7-8,11H2,1H3/t12-,14-,15-/m0/s1. The van der Waals surface area contributed by atoms with Crippen molar-refractivity contribution in [3.63, 3.8) is 0 Å². The molecule has 28 heavy (non-hydrogen) atoms. The van der Waals surface area contributed by atoms with E-state index in [1.54, 1.807) is 6.20 Å². The zero-order valence-corrected chi connectivity index (χ0v) is 15.6. The molecular weight excluding hydrogens is 360 g/mol.